The largest absolute Gasteiger partial charge is 0.497 e. The summed E-state index contributed by atoms with van der Waals surface area (Å²) in [6, 6.07) is 15.2. The van der Waals surface area contributed by atoms with Crippen LogP contribution in [-0.4, -0.2) is 67.8 Å². The molecule has 0 N–H and O–H groups in total. The highest BCUT2D eigenvalue weighted by Crippen LogP contribution is 2.30. The van der Waals surface area contributed by atoms with E-state index in [2.05, 4.69) is 4.90 Å². The third kappa shape index (κ3) is 4.93. The van der Waals surface area contributed by atoms with Gasteiger partial charge in [0.1, 0.15) is 23.1 Å². The van der Waals surface area contributed by atoms with Gasteiger partial charge in [0.2, 0.25) is 0 Å². The van der Waals surface area contributed by atoms with Crippen molar-refractivity contribution in [3.05, 3.63) is 76.7 Å². The fraction of sp³-hybridized carbons (Fsp3) is 0.370. The monoisotopic (exact) mass is 474 g/mol. The molecule has 8 nitrogen and oxygen atoms in total. The molecule has 35 heavy (non-hydrogen) atoms. The zero-order valence-electron chi connectivity index (χ0n) is 20.2. The number of carbonyl (C=O) groups is 1. The highest BCUT2D eigenvalue weighted by molar-refractivity contribution is 5.94. The first-order chi connectivity index (χ1) is 17.2. The molecule has 3 heterocycles. The van der Waals surface area contributed by atoms with Crippen molar-refractivity contribution in [2.24, 2.45) is 0 Å². The second-order valence-corrected chi connectivity index (χ2v) is 8.68. The maximum atomic E-state index is 13.3. The van der Waals surface area contributed by atoms with Crippen LogP contribution in [0.4, 0.5) is 5.82 Å². The zero-order valence-corrected chi connectivity index (χ0v) is 20.2. The highest BCUT2D eigenvalue weighted by atomic mass is 16.5. The van der Waals surface area contributed by atoms with Crippen molar-refractivity contribution in [3.63, 3.8) is 0 Å². The molecule has 0 atom stereocenters. The van der Waals surface area contributed by atoms with Crippen LogP contribution < -0.4 is 14.4 Å². The van der Waals surface area contributed by atoms with E-state index in [-0.39, 0.29) is 5.91 Å². The number of anilines is 1. The molecule has 2 aliphatic rings. The number of rotatable bonds is 6. The number of amides is 1. The third-order valence-electron chi connectivity index (χ3n) is 6.56. The molecule has 3 aromatic rings. The molecule has 2 aliphatic heterocycles. The topological polar surface area (TPSA) is 77.0 Å². The van der Waals surface area contributed by atoms with Crippen LogP contribution in [-0.2, 0) is 24.1 Å². The Kier molecular flexibility index (Phi) is 6.81. The molecule has 1 aromatic heterocycles. The van der Waals surface area contributed by atoms with E-state index in [1.807, 2.05) is 53.4 Å². The molecule has 0 aliphatic carbocycles. The molecule has 0 unspecified atom stereocenters. The van der Waals surface area contributed by atoms with Crippen molar-refractivity contribution < 1.29 is 19.0 Å². The van der Waals surface area contributed by atoms with Gasteiger partial charge in [-0.05, 0) is 30.3 Å². The van der Waals surface area contributed by atoms with Gasteiger partial charge in [0.05, 0.1) is 39.7 Å². The van der Waals surface area contributed by atoms with Crippen LogP contribution in [0.1, 0.15) is 33.0 Å². The molecule has 0 saturated carbocycles. The molecule has 0 radical (unpaired) electrons. The number of morpholine rings is 1. The minimum atomic E-state index is 0.00401. The summed E-state index contributed by atoms with van der Waals surface area (Å²) in [4.78, 5) is 27.4. The number of nitrogens with zero attached hydrogens (tertiary/aromatic N) is 4. The Hall–Kier alpha value is -3.65. The Bertz CT molecular complexity index is 1190. The molecule has 1 fully saturated rings. The molecule has 1 saturated heterocycles. The summed E-state index contributed by atoms with van der Waals surface area (Å²) >= 11 is 0. The smallest absolute Gasteiger partial charge is 0.254 e. The number of para-hydroxylation sites is 1. The normalized spacial score (nSPS) is 15.5. The molecular weight excluding hydrogens is 444 g/mol. The van der Waals surface area contributed by atoms with Crippen molar-refractivity contribution >= 4 is 11.7 Å². The van der Waals surface area contributed by atoms with Gasteiger partial charge in [-0.25, -0.2) is 9.97 Å². The van der Waals surface area contributed by atoms with E-state index in [9.17, 15) is 4.79 Å². The summed E-state index contributed by atoms with van der Waals surface area (Å²) in [6.07, 6.45) is 1.28. The lowest BCUT2D eigenvalue weighted by Gasteiger charge is -2.34. The Morgan fingerprint density at radius 1 is 0.971 bits per heavy atom. The summed E-state index contributed by atoms with van der Waals surface area (Å²) in [5.41, 5.74) is 3.75. The Labute approximate surface area is 205 Å². The van der Waals surface area contributed by atoms with E-state index in [1.165, 1.54) is 0 Å². The number of carbonyl (C=O) groups excluding carboxylic acids is 1. The second-order valence-electron chi connectivity index (χ2n) is 8.68. The van der Waals surface area contributed by atoms with E-state index in [1.54, 1.807) is 14.2 Å². The van der Waals surface area contributed by atoms with E-state index in [4.69, 9.17) is 24.2 Å². The predicted octanol–water partition coefficient (Wildman–Crippen LogP) is 3.12. The molecule has 2 aromatic carbocycles. The summed E-state index contributed by atoms with van der Waals surface area (Å²) in [7, 11) is 3.30. The molecule has 1 amide bonds. The van der Waals surface area contributed by atoms with Crippen LogP contribution in [0, 0.1) is 0 Å². The summed E-state index contributed by atoms with van der Waals surface area (Å²) in [5, 5.41) is 0. The molecule has 0 bridgehead atoms. The van der Waals surface area contributed by atoms with Crippen LogP contribution >= 0.6 is 0 Å². The fourth-order valence-electron chi connectivity index (χ4n) is 4.67. The second kappa shape index (κ2) is 10.3. The summed E-state index contributed by atoms with van der Waals surface area (Å²) < 4.78 is 16.3. The van der Waals surface area contributed by atoms with Crippen molar-refractivity contribution in [1.82, 2.24) is 14.9 Å². The molecular formula is C27H30N4O4. The number of methoxy groups -OCH3 is 2. The van der Waals surface area contributed by atoms with E-state index >= 15 is 0 Å². The van der Waals surface area contributed by atoms with Gasteiger partial charge >= 0.3 is 0 Å². The van der Waals surface area contributed by atoms with Gasteiger partial charge in [-0.2, -0.15) is 0 Å². The van der Waals surface area contributed by atoms with Gasteiger partial charge in [-0.1, -0.05) is 18.2 Å². The first kappa shape index (κ1) is 23.1. The number of hydrogen-bond donors (Lipinski definition) is 0. The Morgan fingerprint density at radius 2 is 1.74 bits per heavy atom. The fourth-order valence-corrected chi connectivity index (χ4v) is 4.67. The lowest BCUT2D eigenvalue weighted by atomic mass is 10.0. The summed E-state index contributed by atoms with van der Waals surface area (Å²) in [6.45, 7) is 3.96. The van der Waals surface area contributed by atoms with Gasteiger partial charge in [0.25, 0.3) is 5.91 Å². The Balaban J connectivity index is 1.46. The van der Waals surface area contributed by atoms with Gasteiger partial charge < -0.3 is 24.0 Å². The number of aromatic nitrogens is 2. The van der Waals surface area contributed by atoms with E-state index < -0.39 is 0 Å². The number of hydrogen-bond acceptors (Lipinski definition) is 7. The lowest BCUT2D eigenvalue weighted by Crippen LogP contribution is -2.41. The number of benzene rings is 2. The minimum Gasteiger partial charge on any atom is -0.497 e. The minimum absolute atomic E-state index is 0.00401. The van der Waals surface area contributed by atoms with Crippen LogP contribution in [0.25, 0.3) is 0 Å². The van der Waals surface area contributed by atoms with Crippen LogP contribution in [0.3, 0.4) is 0 Å². The average Bonchev–Trinajstić information content (AvgIpc) is 2.93. The number of fused-ring (bicyclic) bond motifs is 1. The van der Waals surface area contributed by atoms with E-state index in [0.717, 1.165) is 53.1 Å². The average molecular weight is 475 g/mol. The van der Waals surface area contributed by atoms with Crippen LogP contribution in [0.2, 0.25) is 0 Å². The van der Waals surface area contributed by atoms with Gasteiger partial charge in [-0.15, -0.1) is 0 Å². The standard InChI is InChI=1S/C27H30N4O4/c1-33-21-9-7-19(8-10-21)27(32)31-12-11-23-22(18-31)26(30-13-15-35-16-14-30)29-25(28-23)17-20-5-3-4-6-24(20)34-2/h3-10H,11-18H2,1-2H3. The molecule has 0 spiro atoms. The predicted molar refractivity (Wildman–Crippen MR) is 132 cm³/mol. The van der Waals surface area contributed by atoms with Crippen molar-refractivity contribution in [1.29, 1.82) is 0 Å². The highest BCUT2D eigenvalue weighted by Gasteiger charge is 2.29. The van der Waals surface area contributed by atoms with Crippen molar-refractivity contribution in [3.8, 4) is 11.5 Å². The van der Waals surface area contributed by atoms with Crippen LogP contribution in [0.15, 0.2) is 48.5 Å². The lowest BCUT2D eigenvalue weighted by molar-refractivity contribution is 0.0732. The van der Waals surface area contributed by atoms with E-state index in [0.29, 0.717) is 44.7 Å². The van der Waals surface area contributed by atoms with Gasteiger partial charge in [0.15, 0.2) is 0 Å². The first-order valence-electron chi connectivity index (χ1n) is 11.9. The first-order valence-corrected chi connectivity index (χ1v) is 11.9. The maximum Gasteiger partial charge on any atom is 0.254 e. The SMILES string of the molecule is COc1ccc(C(=O)N2CCc3nc(Cc4ccccc4OC)nc(N4CCOCC4)c3C2)cc1. The molecule has 5 rings (SSSR count). The number of ether oxygens (including phenoxy) is 3. The Morgan fingerprint density at radius 3 is 2.49 bits per heavy atom. The maximum absolute atomic E-state index is 13.3. The quantitative estimate of drug-likeness (QED) is 0.543. The van der Waals surface area contributed by atoms with Crippen molar-refractivity contribution in [2.45, 2.75) is 19.4 Å². The summed E-state index contributed by atoms with van der Waals surface area (Å²) in [5.74, 6) is 3.25. The van der Waals surface area contributed by atoms with Gasteiger partial charge in [0, 0.05) is 49.2 Å². The van der Waals surface area contributed by atoms with Gasteiger partial charge in [-0.3, -0.25) is 4.79 Å². The zero-order chi connectivity index (χ0) is 24.2. The molecule has 8 heteroatoms. The van der Waals surface area contributed by atoms with Crippen LogP contribution in [0.5, 0.6) is 11.5 Å². The van der Waals surface area contributed by atoms with Crippen molar-refractivity contribution in [2.75, 3.05) is 52.0 Å². The molecule has 182 valence electrons. The third-order valence-corrected chi connectivity index (χ3v) is 6.56.